The Morgan fingerprint density at radius 1 is 0.714 bits per heavy atom. The molecule has 2 rings (SSSR count). The number of hydrogen-bond donors (Lipinski definition) is 8. The van der Waals surface area contributed by atoms with Gasteiger partial charge in [0.05, 0.1) is 23.5 Å². The maximum atomic E-state index is 9.77. The van der Waals surface area contributed by atoms with Crippen LogP contribution in [0, 0.1) is 0 Å². The number of aliphatic hydroxyl groups is 4. The summed E-state index contributed by atoms with van der Waals surface area (Å²) >= 11 is 13.3. The number of nitrogens with one attached hydrogen (secondary N) is 2. The number of halogens is 2. The minimum atomic E-state index is -2.27. The molecule has 0 aliphatic heterocycles. The Balaban J connectivity index is 0.000000620. The minimum Gasteiger partial charge on any atom is -0.479 e. The molecule has 20 heteroatoms. The monoisotopic (exact) mass is 680 g/mol. The molecule has 4 unspecified atom stereocenters. The first-order valence-corrected chi connectivity index (χ1v) is 14.3. The van der Waals surface area contributed by atoms with Gasteiger partial charge in [-0.2, -0.15) is 8.75 Å². The molecule has 0 bridgehead atoms. The summed E-state index contributed by atoms with van der Waals surface area (Å²) in [6.45, 7) is 13.4. The molecule has 0 saturated heterocycles. The van der Waals surface area contributed by atoms with Gasteiger partial charge in [-0.15, -0.1) is 8.75 Å². The summed E-state index contributed by atoms with van der Waals surface area (Å²) in [5.41, 5.74) is -0.0539. The summed E-state index contributed by atoms with van der Waals surface area (Å²) in [6, 6.07) is 0. The number of nitrogens with zero attached hydrogens (tertiary/aromatic N) is 4. The van der Waals surface area contributed by atoms with Gasteiger partial charge in [0.15, 0.2) is 12.2 Å². The first kappa shape index (κ1) is 40.0. The van der Waals surface area contributed by atoms with Crippen LogP contribution in [-0.4, -0.2) is 122 Å². The molecule has 16 nitrogen and oxygen atoms in total. The molecule has 0 aliphatic rings. The van der Waals surface area contributed by atoms with Gasteiger partial charge in [-0.1, -0.05) is 23.2 Å². The van der Waals surface area contributed by atoms with Crippen molar-refractivity contribution in [1.29, 1.82) is 0 Å². The average Bonchev–Trinajstić information content (AvgIpc) is 3.49. The molecule has 0 aromatic carbocycles. The lowest BCUT2D eigenvalue weighted by Gasteiger charge is -2.22. The van der Waals surface area contributed by atoms with E-state index in [2.05, 4.69) is 28.1 Å². The number of hydrogen-bond acceptors (Lipinski definition) is 16. The number of aliphatic carboxylic acids is 2. The third-order valence-electron chi connectivity index (χ3n) is 4.21. The zero-order chi connectivity index (χ0) is 32.7. The van der Waals surface area contributed by atoms with E-state index in [9.17, 15) is 19.8 Å². The van der Waals surface area contributed by atoms with Crippen molar-refractivity contribution in [3.05, 3.63) is 10.3 Å². The molecule has 42 heavy (non-hydrogen) atoms. The number of ether oxygens (including phenoxy) is 2. The normalized spacial score (nSPS) is 14.3. The maximum absolute atomic E-state index is 9.77. The summed E-state index contributed by atoms with van der Waals surface area (Å²) in [5, 5.41) is 58.6. The van der Waals surface area contributed by atoms with Gasteiger partial charge in [0.2, 0.25) is 10.3 Å². The van der Waals surface area contributed by atoms with Crippen LogP contribution < -0.4 is 20.1 Å². The fourth-order valence-corrected chi connectivity index (χ4v) is 3.38. The van der Waals surface area contributed by atoms with Crippen LogP contribution in [0.4, 0.5) is 0 Å². The van der Waals surface area contributed by atoms with Crippen molar-refractivity contribution in [2.45, 2.75) is 77.0 Å². The molecule has 0 fully saturated rings. The number of carboxylic acids is 2. The van der Waals surface area contributed by atoms with Crippen molar-refractivity contribution < 1.29 is 49.7 Å². The van der Waals surface area contributed by atoms with Crippen molar-refractivity contribution in [3.8, 4) is 11.8 Å². The fraction of sp³-hybridized carbons (Fsp3) is 0.727. The highest BCUT2D eigenvalue weighted by Crippen LogP contribution is 2.21. The van der Waals surface area contributed by atoms with Gasteiger partial charge in [-0.25, -0.2) is 9.59 Å². The summed E-state index contributed by atoms with van der Waals surface area (Å²) in [6.07, 6.45) is -5.73. The van der Waals surface area contributed by atoms with Crippen molar-refractivity contribution in [1.82, 2.24) is 28.1 Å². The van der Waals surface area contributed by atoms with E-state index < -0.39 is 36.4 Å². The van der Waals surface area contributed by atoms with Gasteiger partial charge in [0.25, 0.3) is 11.8 Å². The predicted octanol–water partition coefficient (Wildman–Crippen LogP) is 0.516. The number of β-amino-alcohol motifs (C(OH)–C–C–N with tert-alkyl or cyclic N) is 2. The minimum absolute atomic E-state index is 0.0270. The third-order valence-corrected chi connectivity index (χ3v) is 5.92. The summed E-state index contributed by atoms with van der Waals surface area (Å²) in [7, 11) is 0. The van der Waals surface area contributed by atoms with Gasteiger partial charge in [-0.3, -0.25) is 0 Å². The lowest BCUT2D eigenvalue weighted by Crippen LogP contribution is -2.42. The molecule has 4 atom stereocenters. The zero-order valence-corrected chi connectivity index (χ0v) is 27.0. The lowest BCUT2D eigenvalue weighted by atomic mass is 10.1. The Bertz CT molecular complexity index is 985. The van der Waals surface area contributed by atoms with Crippen molar-refractivity contribution >= 4 is 58.6 Å². The number of carboxylic acid groups (broad SMARTS) is 2. The maximum Gasteiger partial charge on any atom is 0.335 e. The Labute approximate surface area is 261 Å². The molecule has 0 aliphatic carbocycles. The van der Waals surface area contributed by atoms with Crippen LogP contribution in [0.1, 0.15) is 41.5 Å². The van der Waals surface area contributed by atoms with Crippen LogP contribution in [0.3, 0.4) is 0 Å². The van der Waals surface area contributed by atoms with E-state index in [1.807, 2.05) is 41.5 Å². The van der Waals surface area contributed by atoms with Crippen LogP contribution in [0.25, 0.3) is 0 Å². The van der Waals surface area contributed by atoms with Crippen molar-refractivity contribution in [3.63, 3.8) is 0 Å². The molecule has 0 radical (unpaired) electrons. The highest BCUT2D eigenvalue weighted by Gasteiger charge is 2.29. The molecule has 0 amide bonds. The van der Waals surface area contributed by atoms with E-state index in [0.29, 0.717) is 13.1 Å². The van der Waals surface area contributed by atoms with Crippen LogP contribution in [-0.2, 0) is 9.59 Å². The smallest absolute Gasteiger partial charge is 0.335 e. The largest absolute Gasteiger partial charge is 0.479 e. The van der Waals surface area contributed by atoms with E-state index in [1.54, 1.807) is 0 Å². The Morgan fingerprint density at radius 2 is 1.02 bits per heavy atom. The highest BCUT2D eigenvalue weighted by molar-refractivity contribution is 6.99. The molecule has 2 aromatic heterocycles. The van der Waals surface area contributed by atoms with Crippen LogP contribution in [0.5, 0.6) is 11.8 Å². The van der Waals surface area contributed by atoms with Gasteiger partial charge in [0.1, 0.15) is 25.4 Å². The van der Waals surface area contributed by atoms with Gasteiger partial charge in [0, 0.05) is 24.2 Å². The molecule has 242 valence electrons. The molecule has 0 saturated carbocycles. The standard InChI is InChI=1S/2C9H16ClN3O2S.C4H6O6/c2*1-9(2,3)11-4-6(14)5-15-8-7(10)12-16-13-8;5-1(3(7)8)2(6)4(9)10/h2*6,11,14H,4-5H2,1-3H3;1-2,5-6H,(H,7,8)(H,9,10). The summed E-state index contributed by atoms with van der Waals surface area (Å²) in [5.74, 6) is -2.98. The average molecular weight is 682 g/mol. The Morgan fingerprint density at radius 3 is 1.24 bits per heavy atom. The van der Waals surface area contributed by atoms with Gasteiger partial charge in [-0.05, 0) is 41.5 Å². The lowest BCUT2D eigenvalue weighted by molar-refractivity contribution is -0.165. The second-order valence-corrected chi connectivity index (χ2v) is 12.3. The number of rotatable bonds is 13. The Kier molecular flexibility index (Phi) is 18.4. The third kappa shape index (κ3) is 19.2. The summed E-state index contributed by atoms with van der Waals surface area (Å²) < 4.78 is 25.6. The molecule has 2 heterocycles. The van der Waals surface area contributed by atoms with E-state index in [4.69, 9.17) is 53.1 Å². The van der Waals surface area contributed by atoms with Crippen LogP contribution in [0.2, 0.25) is 10.3 Å². The van der Waals surface area contributed by atoms with Crippen molar-refractivity contribution in [2.75, 3.05) is 26.3 Å². The Hall–Kier alpha value is -2.00. The molecule has 8 N–H and O–H groups in total. The predicted molar refractivity (Wildman–Crippen MR) is 156 cm³/mol. The summed E-state index contributed by atoms with van der Waals surface area (Å²) in [4.78, 5) is 19.5. The van der Waals surface area contributed by atoms with E-state index in [1.165, 1.54) is 0 Å². The number of aliphatic hydroxyl groups excluding tert-OH is 4. The number of carbonyl (C=O) groups is 2. The highest BCUT2D eigenvalue weighted by atomic mass is 35.5. The first-order chi connectivity index (χ1) is 19.2. The first-order valence-electron chi connectivity index (χ1n) is 12.1. The van der Waals surface area contributed by atoms with E-state index in [0.717, 1.165) is 23.5 Å². The van der Waals surface area contributed by atoms with Crippen molar-refractivity contribution in [2.24, 2.45) is 0 Å². The molecule has 0 spiro atoms. The van der Waals surface area contributed by atoms with E-state index in [-0.39, 0.29) is 46.4 Å². The second-order valence-electron chi connectivity index (χ2n) is 10.5. The second kappa shape index (κ2) is 19.3. The molecular formula is C22H38Cl2N6O10S2. The van der Waals surface area contributed by atoms with Gasteiger partial charge < -0.3 is 50.7 Å². The topological polar surface area (TPSA) is 250 Å². The SMILES string of the molecule is CC(C)(C)NCC(O)COc1nsnc1Cl.CC(C)(C)NCC(O)COc1nsnc1Cl.O=C(O)C(O)C(O)C(=O)O. The van der Waals surface area contributed by atoms with Crippen LogP contribution >= 0.6 is 46.7 Å². The van der Waals surface area contributed by atoms with E-state index >= 15 is 0 Å². The quantitative estimate of drug-likeness (QED) is 0.143. The fourth-order valence-electron chi connectivity index (χ4n) is 2.10. The molecular weight excluding hydrogens is 643 g/mol. The van der Waals surface area contributed by atoms with Gasteiger partial charge >= 0.3 is 11.9 Å². The zero-order valence-electron chi connectivity index (χ0n) is 23.8. The number of aromatic nitrogens is 4. The van der Waals surface area contributed by atoms with Crippen LogP contribution in [0.15, 0.2) is 0 Å². The molecule has 2 aromatic rings.